The summed E-state index contributed by atoms with van der Waals surface area (Å²) in [5, 5.41) is 11.4. The highest BCUT2D eigenvalue weighted by Gasteiger charge is 2.34. The topological polar surface area (TPSA) is 95.9 Å². The summed E-state index contributed by atoms with van der Waals surface area (Å²) in [6.45, 7) is 3.27. The first kappa shape index (κ1) is 21.5. The molecular weight excluding hydrogens is 428 g/mol. The molecule has 0 bridgehead atoms. The summed E-state index contributed by atoms with van der Waals surface area (Å²) in [5.74, 6) is -2.13. The number of amides is 2. The molecule has 0 radical (unpaired) electrons. The van der Waals surface area contributed by atoms with Gasteiger partial charge in [-0.05, 0) is 73.1 Å². The molecule has 0 aliphatic carbocycles. The Hall–Kier alpha value is -3.23. The molecule has 0 spiro atoms. The minimum Gasteiger partial charge on any atom is -0.480 e. The van der Waals surface area contributed by atoms with Gasteiger partial charge in [0.05, 0.1) is 10.7 Å². The molecule has 7 nitrogen and oxygen atoms in total. The first-order chi connectivity index (χ1) is 14.2. The molecule has 0 atom stereocenters. The number of hydrogen-bond donors (Lipinski definition) is 2. The van der Waals surface area contributed by atoms with Gasteiger partial charge < -0.3 is 9.84 Å². The van der Waals surface area contributed by atoms with E-state index in [2.05, 4.69) is 5.32 Å². The van der Waals surface area contributed by atoms with Crippen LogP contribution in [-0.2, 0) is 14.4 Å². The van der Waals surface area contributed by atoms with Gasteiger partial charge in [-0.1, -0.05) is 23.7 Å². The Morgan fingerprint density at radius 1 is 1.20 bits per heavy atom. The molecule has 3 rings (SSSR count). The highest BCUT2D eigenvalue weighted by Crippen LogP contribution is 2.28. The molecule has 1 heterocycles. The number of carboxylic acid groups (broad SMARTS) is 1. The summed E-state index contributed by atoms with van der Waals surface area (Å²) in [6, 6.07) is 10.1. The van der Waals surface area contributed by atoms with E-state index in [4.69, 9.17) is 33.7 Å². The molecule has 1 aliphatic heterocycles. The smallest absolute Gasteiger partial charge is 0.341 e. The van der Waals surface area contributed by atoms with E-state index in [1.165, 1.54) is 23.1 Å². The number of nitrogens with one attached hydrogen (secondary N) is 1. The number of anilines is 1. The van der Waals surface area contributed by atoms with E-state index in [0.717, 1.165) is 11.1 Å². The molecule has 30 heavy (non-hydrogen) atoms. The summed E-state index contributed by atoms with van der Waals surface area (Å²) in [7, 11) is 0. The molecule has 1 aliphatic rings. The van der Waals surface area contributed by atoms with Gasteiger partial charge in [0.1, 0.15) is 11.3 Å². The third-order valence-electron chi connectivity index (χ3n) is 4.18. The minimum atomic E-state index is -1.14. The van der Waals surface area contributed by atoms with Gasteiger partial charge >= 0.3 is 5.97 Å². The van der Waals surface area contributed by atoms with E-state index >= 15 is 0 Å². The standard InChI is InChI=1S/C21H17ClN2O5S/c1-11-5-12(2)7-14(6-11)24-20(28)15(19(27)23-21(24)30)8-13-3-4-17(16(22)9-13)29-10-18(25)26/h3-9H,10H2,1-2H3,(H,25,26)(H,23,27,30)/b15-8+. The number of benzene rings is 2. The fraction of sp³-hybridized carbons (Fsp3) is 0.143. The van der Waals surface area contributed by atoms with Crippen LogP contribution in [0.2, 0.25) is 5.02 Å². The zero-order chi connectivity index (χ0) is 22.0. The predicted octanol–water partition coefficient (Wildman–Crippen LogP) is 3.25. The van der Waals surface area contributed by atoms with Crippen molar-refractivity contribution in [2.24, 2.45) is 0 Å². The summed E-state index contributed by atoms with van der Waals surface area (Å²) >= 11 is 11.3. The maximum absolute atomic E-state index is 13.1. The van der Waals surface area contributed by atoms with E-state index in [1.54, 1.807) is 18.2 Å². The third kappa shape index (κ3) is 4.67. The van der Waals surface area contributed by atoms with E-state index < -0.39 is 24.4 Å². The number of aliphatic carboxylic acids is 1. The molecule has 1 saturated heterocycles. The normalized spacial score (nSPS) is 15.4. The number of halogens is 1. The van der Waals surface area contributed by atoms with Crippen molar-refractivity contribution in [2.45, 2.75) is 13.8 Å². The molecule has 0 unspecified atom stereocenters. The van der Waals surface area contributed by atoms with Crippen LogP contribution in [0.3, 0.4) is 0 Å². The van der Waals surface area contributed by atoms with Gasteiger partial charge in [-0.25, -0.2) is 4.79 Å². The largest absolute Gasteiger partial charge is 0.480 e. The summed E-state index contributed by atoms with van der Waals surface area (Å²) in [4.78, 5) is 37.4. The second kappa shape index (κ2) is 8.64. The van der Waals surface area contributed by atoms with Crippen molar-refractivity contribution in [2.75, 3.05) is 11.5 Å². The Kier molecular flexibility index (Phi) is 6.19. The highest BCUT2D eigenvalue weighted by atomic mass is 35.5. The molecular formula is C21H17ClN2O5S. The van der Waals surface area contributed by atoms with Crippen molar-refractivity contribution in [1.82, 2.24) is 5.32 Å². The van der Waals surface area contributed by atoms with E-state index in [0.29, 0.717) is 11.3 Å². The number of nitrogens with zero attached hydrogens (tertiary/aromatic N) is 1. The predicted molar refractivity (Wildman–Crippen MR) is 117 cm³/mol. The first-order valence-corrected chi connectivity index (χ1v) is 9.58. The molecule has 0 aromatic heterocycles. The monoisotopic (exact) mass is 444 g/mol. The van der Waals surface area contributed by atoms with Crippen molar-refractivity contribution in [1.29, 1.82) is 0 Å². The van der Waals surface area contributed by atoms with Gasteiger partial charge in [0.2, 0.25) is 0 Å². The second-order valence-corrected chi connectivity index (χ2v) is 7.47. The number of hydrogen-bond acceptors (Lipinski definition) is 5. The lowest BCUT2D eigenvalue weighted by atomic mass is 10.1. The molecule has 2 aromatic rings. The van der Waals surface area contributed by atoms with Crippen LogP contribution < -0.4 is 15.0 Å². The fourth-order valence-electron chi connectivity index (χ4n) is 3.00. The molecule has 2 aromatic carbocycles. The number of aryl methyl sites for hydroxylation is 2. The maximum atomic E-state index is 13.1. The van der Waals surface area contributed by atoms with Crippen LogP contribution in [0.4, 0.5) is 5.69 Å². The summed E-state index contributed by atoms with van der Waals surface area (Å²) in [5.41, 5.74) is 2.81. The first-order valence-electron chi connectivity index (χ1n) is 8.79. The lowest BCUT2D eigenvalue weighted by molar-refractivity contribution is -0.139. The zero-order valence-corrected chi connectivity index (χ0v) is 17.6. The van der Waals surface area contributed by atoms with Crippen LogP contribution in [0.5, 0.6) is 5.75 Å². The van der Waals surface area contributed by atoms with Crippen molar-refractivity contribution in [3.8, 4) is 5.75 Å². The zero-order valence-electron chi connectivity index (χ0n) is 16.1. The van der Waals surface area contributed by atoms with Gasteiger partial charge in [0.15, 0.2) is 11.7 Å². The lowest BCUT2D eigenvalue weighted by Gasteiger charge is -2.29. The number of carbonyl (C=O) groups is 3. The van der Waals surface area contributed by atoms with Crippen LogP contribution >= 0.6 is 23.8 Å². The minimum absolute atomic E-state index is 0.00241. The molecule has 154 valence electrons. The Labute approximate surface area is 182 Å². The van der Waals surface area contributed by atoms with E-state index in [9.17, 15) is 14.4 Å². The van der Waals surface area contributed by atoms with Crippen LogP contribution in [0.15, 0.2) is 42.0 Å². The average Bonchev–Trinajstić information content (AvgIpc) is 2.63. The van der Waals surface area contributed by atoms with Gasteiger partial charge in [-0.15, -0.1) is 0 Å². The lowest BCUT2D eigenvalue weighted by Crippen LogP contribution is -2.54. The average molecular weight is 445 g/mol. The van der Waals surface area contributed by atoms with Crippen LogP contribution in [0, 0.1) is 13.8 Å². The third-order valence-corrected chi connectivity index (χ3v) is 4.76. The van der Waals surface area contributed by atoms with Crippen molar-refractivity contribution in [3.05, 3.63) is 63.7 Å². The molecule has 9 heteroatoms. The Balaban J connectivity index is 1.94. The van der Waals surface area contributed by atoms with Crippen LogP contribution in [0.1, 0.15) is 16.7 Å². The van der Waals surface area contributed by atoms with E-state index in [-0.39, 0.29) is 21.5 Å². The fourth-order valence-corrected chi connectivity index (χ4v) is 3.53. The Morgan fingerprint density at radius 3 is 2.47 bits per heavy atom. The summed E-state index contributed by atoms with van der Waals surface area (Å²) < 4.78 is 5.07. The van der Waals surface area contributed by atoms with Gasteiger partial charge in [0.25, 0.3) is 11.8 Å². The molecule has 2 N–H and O–H groups in total. The number of thiocarbonyl (C=S) groups is 1. The van der Waals surface area contributed by atoms with E-state index in [1.807, 2.05) is 19.9 Å². The van der Waals surface area contributed by atoms with Crippen molar-refractivity contribution < 1.29 is 24.2 Å². The molecule has 2 amide bonds. The van der Waals surface area contributed by atoms with Crippen molar-refractivity contribution in [3.63, 3.8) is 0 Å². The van der Waals surface area contributed by atoms with Crippen LogP contribution in [-0.4, -0.2) is 34.6 Å². The van der Waals surface area contributed by atoms with Crippen molar-refractivity contribution >= 4 is 58.5 Å². The number of carboxylic acids is 1. The number of ether oxygens (including phenoxy) is 1. The SMILES string of the molecule is Cc1cc(C)cc(N2C(=O)/C(=C/c3ccc(OCC(=O)O)c(Cl)c3)C(=O)NC2=S)c1. The van der Waals surface area contributed by atoms with Crippen LogP contribution in [0.25, 0.3) is 6.08 Å². The quantitative estimate of drug-likeness (QED) is 0.417. The van der Waals surface area contributed by atoms with Gasteiger partial charge in [0, 0.05) is 0 Å². The second-order valence-electron chi connectivity index (χ2n) is 6.68. The Morgan fingerprint density at radius 2 is 1.87 bits per heavy atom. The van der Waals surface area contributed by atoms with Gasteiger partial charge in [-0.2, -0.15) is 0 Å². The summed E-state index contributed by atoms with van der Waals surface area (Å²) in [6.07, 6.45) is 1.39. The highest BCUT2D eigenvalue weighted by molar-refractivity contribution is 7.80. The number of rotatable bonds is 5. The van der Waals surface area contributed by atoms with Gasteiger partial charge in [-0.3, -0.25) is 19.8 Å². The maximum Gasteiger partial charge on any atom is 0.341 e. The molecule has 1 fully saturated rings. The number of carbonyl (C=O) groups excluding carboxylic acids is 2. The molecule has 0 saturated carbocycles. The Bertz CT molecular complexity index is 1090.